The fourth-order valence-corrected chi connectivity index (χ4v) is 3.13. The molecule has 0 radical (unpaired) electrons. The first-order chi connectivity index (χ1) is 9.67. The van der Waals surface area contributed by atoms with Crippen LogP contribution in [0.1, 0.15) is 25.1 Å². The maximum absolute atomic E-state index is 11.5. The van der Waals surface area contributed by atoms with Crippen LogP contribution in [0.3, 0.4) is 0 Å². The number of aliphatic carboxylic acids is 2. The highest BCUT2D eigenvalue weighted by Gasteiger charge is 2.40. The highest BCUT2D eigenvalue weighted by Crippen LogP contribution is 2.42. The molecular formula is C15H16O5S. The van der Waals surface area contributed by atoms with Gasteiger partial charge >= 0.3 is 11.9 Å². The Morgan fingerprint density at radius 2 is 2.05 bits per heavy atom. The number of hydrogen-bond donors (Lipinski definition) is 3. The van der Waals surface area contributed by atoms with Gasteiger partial charge in [0, 0.05) is 10.5 Å². The van der Waals surface area contributed by atoms with E-state index in [4.69, 9.17) is 0 Å². The summed E-state index contributed by atoms with van der Waals surface area (Å²) in [4.78, 5) is 23.3. The molecule has 0 bridgehead atoms. The lowest BCUT2D eigenvalue weighted by Gasteiger charge is -2.32. The van der Waals surface area contributed by atoms with Crippen molar-refractivity contribution < 1.29 is 24.9 Å². The molecule has 2 unspecified atom stereocenters. The van der Waals surface area contributed by atoms with Crippen molar-refractivity contribution in [2.24, 2.45) is 5.41 Å². The lowest BCUT2D eigenvalue weighted by Crippen LogP contribution is -2.33. The van der Waals surface area contributed by atoms with E-state index in [9.17, 15) is 24.9 Å². The summed E-state index contributed by atoms with van der Waals surface area (Å²) < 4.78 is 0. The lowest BCUT2D eigenvalue weighted by atomic mass is 9.74. The summed E-state index contributed by atoms with van der Waals surface area (Å²) in [5.74, 6) is -2.29. The molecule has 0 aliphatic heterocycles. The molecule has 0 saturated carbocycles. The standard InChI is InChI=1S/C15H16O5S/c1-14(13(18)19)7-9(12(16)17)6-10(8-14)15(2,20)11-4-3-5-21-11/h3-6,8,20H,7H2,1-2H3,(H,16,17)(H,18,19). The minimum absolute atomic E-state index is 0.0192. The first-order valence-corrected chi connectivity index (χ1v) is 7.22. The summed E-state index contributed by atoms with van der Waals surface area (Å²) in [5.41, 5.74) is -2.50. The topological polar surface area (TPSA) is 94.8 Å². The molecule has 0 spiro atoms. The summed E-state index contributed by atoms with van der Waals surface area (Å²) >= 11 is 1.33. The predicted octanol–water partition coefficient (Wildman–Crippen LogP) is 2.39. The molecule has 0 saturated heterocycles. The van der Waals surface area contributed by atoms with Crippen LogP contribution in [0.15, 0.2) is 40.8 Å². The van der Waals surface area contributed by atoms with Gasteiger partial charge in [0.1, 0.15) is 5.60 Å². The Morgan fingerprint density at radius 3 is 2.52 bits per heavy atom. The zero-order valence-corrected chi connectivity index (χ0v) is 12.5. The summed E-state index contributed by atoms with van der Waals surface area (Å²) in [5, 5.41) is 31.1. The maximum atomic E-state index is 11.5. The second kappa shape index (κ2) is 5.13. The average Bonchev–Trinajstić information content (AvgIpc) is 2.92. The molecule has 2 atom stereocenters. The molecule has 1 aromatic rings. The summed E-state index contributed by atoms with van der Waals surface area (Å²) in [7, 11) is 0. The van der Waals surface area contributed by atoms with Gasteiger partial charge in [-0.15, -0.1) is 11.3 Å². The van der Waals surface area contributed by atoms with Gasteiger partial charge in [-0.2, -0.15) is 0 Å². The molecular weight excluding hydrogens is 292 g/mol. The highest BCUT2D eigenvalue weighted by atomic mass is 32.1. The van der Waals surface area contributed by atoms with Gasteiger partial charge in [0.15, 0.2) is 0 Å². The third-order valence-corrected chi connectivity index (χ3v) is 4.77. The van der Waals surface area contributed by atoms with Crippen molar-refractivity contribution in [1.29, 1.82) is 0 Å². The van der Waals surface area contributed by atoms with Gasteiger partial charge in [-0.25, -0.2) is 4.79 Å². The van der Waals surface area contributed by atoms with E-state index in [1.807, 2.05) is 0 Å². The van der Waals surface area contributed by atoms with Gasteiger partial charge in [0.2, 0.25) is 0 Å². The molecule has 1 aliphatic carbocycles. The van der Waals surface area contributed by atoms with Gasteiger partial charge in [0.05, 0.1) is 5.41 Å². The van der Waals surface area contributed by atoms with E-state index in [1.165, 1.54) is 37.3 Å². The van der Waals surface area contributed by atoms with Gasteiger partial charge < -0.3 is 15.3 Å². The Kier molecular flexibility index (Phi) is 3.78. The molecule has 3 N–H and O–H groups in total. The molecule has 21 heavy (non-hydrogen) atoms. The van der Waals surface area contributed by atoms with Crippen LogP contribution in [-0.2, 0) is 15.2 Å². The Morgan fingerprint density at radius 1 is 1.38 bits per heavy atom. The van der Waals surface area contributed by atoms with E-state index in [1.54, 1.807) is 17.5 Å². The molecule has 2 rings (SSSR count). The highest BCUT2D eigenvalue weighted by molar-refractivity contribution is 7.10. The average molecular weight is 308 g/mol. The van der Waals surface area contributed by atoms with Crippen molar-refractivity contribution >= 4 is 23.3 Å². The van der Waals surface area contributed by atoms with Crippen LogP contribution in [0, 0.1) is 5.41 Å². The van der Waals surface area contributed by atoms with Crippen LogP contribution in [0.25, 0.3) is 0 Å². The third kappa shape index (κ3) is 2.77. The number of carboxylic acid groups (broad SMARTS) is 2. The maximum Gasteiger partial charge on any atom is 0.331 e. The van der Waals surface area contributed by atoms with Gasteiger partial charge in [-0.05, 0) is 43.4 Å². The molecule has 0 fully saturated rings. The molecule has 6 heteroatoms. The number of carbonyl (C=O) groups is 2. The molecule has 1 heterocycles. The normalized spacial score (nSPS) is 24.7. The number of hydrogen-bond acceptors (Lipinski definition) is 4. The van der Waals surface area contributed by atoms with Crippen LogP contribution in [0.4, 0.5) is 0 Å². The minimum Gasteiger partial charge on any atom is -0.481 e. The Hall–Kier alpha value is -1.92. The van der Waals surface area contributed by atoms with Crippen molar-refractivity contribution in [3.05, 3.63) is 45.7 Å². The fourth-order valence-electron chi connectivity index (χ4n) is 2.32. The van der Waals surface area contributed by atoms with Crippen LogP contribution in [0.5, 0.6) is 0 Å². The summed E-state index contributed by atoms with van der Waals surface area (Å²) in [6.07, 6.45) is 2.70. The first-order valence-electron chi connectivity index (χ1n) is 6.34. The van der Waals surface area contributed by atoms with Gasteiger partial charge in [0.25, 0.3) is 0 Å². The van der Waals surface area contributed by atoms with Crippen LogP contribution in [0.2, 0.25) is 0 Å². The summed E-state index contributed by atoms with van der Waals surface area (Å²) in [6, 6.07) is 3.50. The van der Waals surface area contributed by atoms with E-state index in [0.717, 1.165) is 0 Å². The number of carboxylic acids is 2. The zero-order chi connectivity index (χ0) is 15.8. The van der Waals surface area contributed by atoms with Crippen LogP contribution in [-0.4, -0.2) is 27.3 Å². The zero-order valence-electron chi connectivity index (χ0n) is 11.7. The van der Waals surface area contributed by atoms with Crippen molar-refractivity contribution in [1.82, 2.24) is 0 Å². The van der Waals surface area contributed by atoms with E-state index in [0.29, 0.717) is 10.5 Å². The van der Waals surface area contributed by atoms with Crippen molar-refractivity contribution in [2.75, 3.05) is 0 Å². The van der Waals surface area contributed by atoms with E-state index < -0.39 is 23.0 Å². The van der Waals surface area contributed by atoms with E-state index in [2.05, 4.69) is 0 Å². The van der Waals surface area contributed by atoms with Crippen LogP contribution >= 0.6 is 11.3 Å². The molecule has 5 nitrogen and oxygen atoms in total. The first kappa shape index (κ1) is 15.5. The molecule has 0 aromatic carbocycles. The molecule has 1 aliphatic rings. The quantitative estimate of drug-likeness (QED) is 0.794. The van der Waals surface area contributed by atoms with Crippen LogP contribution < -0.4 is 0 Å². The Bertz CT molecular complexity index is 639. The van der Waals surface area contributed by atoms with Crippen molar-refractivity contribution in [3.8, 4) is 0 Å². The number of aliphatic hydroxyl groups is 1. The largest absolute Gasteiger partial charge is 0.481 e. The predicted molar refractivity (Wildman–Crippen MR) is 78.1 cm³/mol. The number of thiophene rings is 1. The smallest absolute Gasteiger partial charge is 0.331 e. The fraction of sp³-hybridized carbons (Fsp3) is 0.333. The monoisotopic (exact) mass is 308 g/mol. The molecule has 1 aromatic heterocycles. The second-order valence-corrected chi connectivity index (χ2v) is 6.47. The van der Waals surface area contributed by atoms with Gasteiger partial charge in [-0.1, -0.05) is 12.1 Å². The van der Waals surface area contributed by atoms with E-state index >= 15 is 0 Å². The van der Waals surface area contributed by atoms with Gasteiger partial charge in [-0.3, -0.25) is 4.79 Å². The molecule has 0 amide bonds. The second-order valence-electron chi connectivity index (χ2n) is 5.52. The lowest BCUT2D eigenvalue weighted by molar-refractivity contribution is -0.145. The Balaban J connectivity index is 2.56. The van der Waals surface area contributed by atoms with Crippen molar-refractivity contribution in [2.45, 2.75) is 25.9 Å². The summed E-state index contributed by atoms with van der Waals surface area (Å²) in [6.45, 7) is 2.99. The van der Waals surface area contributed by atoms with E-state index in [-0.39, 0.29) is 12.0 Å². The minimum atomic E-state index is -1.42. The number of rotatable bonds is 4. The SMILES string of the molecule is CC1(C(=O)O)C=C(C(C)(O)c2cccs2)C=C(C(=O)O)C1. The third-order valence-electron chi connectivity index (χ3n) is 3.69. The van der Waals surface area contributed by atoms with Crippen molar-refractivity contribution in [3.63, 3.8) is 0 Å². The Labute approximate surface area is 125 Å². The molecule has 112 valence electrons.